The maximum Gasteiger partial charge on any atom is 0.335 e. The SMILES string of the molecule is CC1c2ccsc2CCN1C(=O)c1cc(C(=O)O)cc([N+](=O)[O-])c1. The monoisotopic (exact) mass is 346 g/mol. The molecule has 0 spiro atoms. The summed E-state index contributed by atoms with van der Waals surface area (Å²) in [6.07, 6.45) is 0.726. The number of nitrogens with zero attached hydrogens (tertiary/aromatic N) is 2. The van der Waals surface area contributed by atoms with Gasteiger partial charge in [-0.2, -0.15) is 0 Å². The number of thiophene rings is 1. The second-order valence-corrected chi connectivity index (χ2v) is 6.56. The highest BCUT2D eigenvalue weighted by Crippen LogP contribution is 2.34. The Bertz CT molecular complexity index is 812. The number of hydrogen-bond donors (Lipinski definition) is 1. The highest BCUT2D eigenvalue weighted by atomic mass is 32.1. The summed E-state index contributed by atoms with van der Waals surface area (Å²) in [4.78, 5) is 37.2. The van der Waals surface area contributed by atoms with Crippen molar-refractivity contribution in [3.05, 3.63) is 61.3 Å². The van der Waals surface area contributed by atoms with E-state index in [0.29, 0.717) is 6.54 Å². The van der Waals surface area contributed by atoms with Crippen molar-refractivity contribution >= 4 is 28.9 Å². The molecule has 1 unspecified atom stereocenters. The molecule has 1 aromatic heterocycles. The van der Waals surface area contributed by atoms with E-state index in [1.807, 2.05) is 18.4 Å². The third-order valence-electron chi connectivity index (χ3n) is 4.16. The van der Waals surface area contributed by atoms with Crippen LogP contribution >= 0.6 is 11.3 Å². The molecule has 0 radical (unpaired) electrons. The fourth-order valence-electron chi connectivity index (χ4n) is 2.92. The molecule has 0 aliphatic carbocycles. The lowest BCUT2D eigenvalue weighted by Crippen LogP contribution is -2.38. The van der Waals surface area contributed by atoms with Gasteiger partial charge in [-0.1, -0.05) is 0 Å². The summed E-state index contributed by atoms with van der Waals surface area (Å²) in [6, 6.07) is 5.09. The standard InChI is InChI=1S/C16H14N2O5S/c1-9-13-3-5-24-14(13)2-4-17(9)15(19)10-6-11(16(20)21)8-12(7-10)18(22)23/h3,5-9H,2,4H2,1H3,(H,20,21). The van der Waals surface area contributed by atoms with Gasteiger partial charge in [-0.3, -0.25) is 14.9 Å². The number of carbonyl (C=O) groups excluding carboxylic acids is 1. The van der Waals surface area contributed by atoms with Gasteiger partial charge in [-0.25, -0.2) is 4.79 Å². The lowest BCUT2D eigenvalue weighted by atomic mass is 9.99. The first-order chi connectivity index (χ1) is 11.4. The Labute approximate surface area is 141 Å². The molecular formula is C16H14N2O5S. The smallest absolute Gasteiger partial charge is 0.335 e. The summed E-state index contributed by atoms with van der Waals surface area (Å²) < 4.78 is 0. The van der Waals surface area contributed by atoms with Crippen LogP contribution in [0.3, 0.4) is 0 Å². The van der Waals surface area contributed by atoms with Gasteiger partial charge in [0.15, 0.2) is 0 Å². The van der Waals surface area contributed by atoms with Crippen LogP contribution < -0.4 is 0 Å². The zero-order valence-electron chi connectivity index (χ0n) is 12.8. The maximum absolute atomic E-state index is 12.8. The first kappa shape index (κ1) is 16.1. The Morgan fingerprint density at radius 3 is 2.71 bits per heavy atom. The van der Waals surface area contributed by atoms with Gasteiger partial charge in [-0.15, -0.1) is 11.3 Å². The molecule has 8 heteroatoms. The number of fused-ring (bicyclic) bond motifs is 1. The predicted molar refractivity (Wildman–Crippen MR) is 87.5 cm³/mol. The Hall–Kier alpha value is -2.74. The van der Waals surface area contributed by atoms with E-state index in [-0.39, 0.29) is 17.2 Å². The summed E-state index contributed by atoms with van der Waals surface area (Å²) in [6.45, 7) is 2.40. The largest absolute Gasteiger partial charge is 0.478 e. The van der Waals surface area contributed by atoms with E-state index in [1.165, 1.54) is 10.9 Å². The molecule has 7 nitrogen and oxygen atoms in total. The van der Waals surface area contributed by atoms with Gasteiger partial charge in [0.05, 0.1) is 16.5 Å². The molecule has 0 saturated carbocycles. The number of hydrogen-bond acceptors (Lipinski definition) is 5. The van der Waals surface area contributed by atoms with Gasteiger partial charge in [0.1, 0.15) is 0 Å². The second kappa shape index (κ2) is 6.04. The minimum absolute atomic E-state index is 0.0205. The number of rotatable bonds is 3. The van der Waals surface area contributed by atoms with Crippen LogP contribution in [0, 0.1) is 10.1 Å². The van der Waals surface area contributed by atoms with Crippen LogP contribution in [0.1, 0.15) is 44.1 Å². The summed E-state index contributed by atoms with van der Waals surface area (Å²) in [5, 5.41) is 22.1. The number of carbonyl (C=O) groups is 2. The van der Waals surface area contributed by atoms with Crippen LogP contribution in [-0.4, -0.2) is 33.4 Å². The minimum atomic E-state index is -1.31. The Kier molecular flexibility index (Phi) is 4.06. The fourth-order valence-corrected chi connectivity index (χ4v) is 3.88. The van der Waals surface area contributed by atoms with Gasteiger partial charge < -0.3 is 10.0 Å². The highest BCUT2D eigenvalue weighted by molar-refractivity contribution is 7.10. The second-order valence-electron chi connectivity index (χ2n) is 5.55. The molecule has 2 heterocycles. The zero-order chi connectivity index (χ0) is 17.4. The van der Waals surface area contributed by atoms with Crippen molar-refractivity contribution in [2.45, 2.75) is 19.4 Å². The van der Waals surface area contributed by atoms with Crippen LogP contribution in [0.2, 0.25) is 0 Å². The zero-order valence-corrected chi connectivity index (χ0v) is 13.6. The number of aromatic carboxylic acids is 1. The molecule has 24 heavy (non-hydrogen) atoms. The highest BCUT2D eigenvalue weighted by Gasteiger charge is 2.30. The summed E-state index contributed by atoms with van der Waals surface area (Å²) >= 11 is 1.65. The maximum atomic E-state index is 12.8. The van der Waals surface area contributed by atoms with Crippen molar-refractivity contribution in [2.24, 2.45) is 0 Å². The van der Waals surface area contributed by atoms with Gasteiger partial charge in [0, 0.05) is 29.1 Å². The predicted octanol–water partition coefficient (Wildman–Crippen LogP) is 3.11. The van der Waals surface area contributed by atoms with E-state index < -0.39 is 22.5 Å². The normalized spacial score (nSPS) is 16.5. The van der Waals surface area contributed by atoms with Gasteiger partial charge >= 0.3 is 5.97 Å². The number of nitro benzene ring substituents is 1. The molecule has 2 aromatic rings. The van der Waals surface area contributed by atoms with Gasteiger partial charge in [-0.05, 0) is 36.4 Å². The molecule has 1 aromatic carbocycles. The topological polar surface area (TPSA) is 101 Å². The molecule has 1 amide bonds. The third-order valence-corrected chi connectivity index (χ3v) is 5.16. The number of amides is 1. The van der Waals surface area contributed by atoms with E-state index in [1.54, 1.807) is 16.2 Å². The number of non-ortho nitro benzene ring substituents is 1. The van der Waals surface area contributed by atoms with Crippen molar-refractivity contribution in [1.29, 1.82) is 0 Å². The van der Waals surface area contributed by atoms with Crippen LogP contribution in [-0.2, 0) is 6.42 Å². The molecule has 124 valence electrons. The van der Waals surface area contributed by atoms with E-state index in [9.17, 15) is 19.7 Å². The molecule has 0 bridgehead atoms. The Balaban J connectivity index is 1.98. The number of carboxylic acids is 1. The first-order valence-corrected chi connectivity index (χ1v) is 8.16. The van der Waals surface area contributed by atoms with Crippen molar-refractivity contribution < 1.29 is 19.6 Å². The minimum Gasteiger partial charge on any atom is -0.478 e. The average molecular weight is 346 g/mol. The Morgan fingerprint density at radius 2 is 2.04 bits per heavy atom. The Morgan fingerprint density at radius 1 is 1.33 bits per heavy atom. The summed E-state index contributed by atoms with van der Waals surface area (Å²) in [5.41, 5.74) is 0.420. The fraction of sp³-hybridized carbons (Fsp3) is 0.250. The number of carboxylic acid groups (broad SMARTS) is 1. The number of nitro groups is 1. The van der Waals surface area contributed by atoms with Gasteiger partial charge in [0.25, 0.3) is 11.6 Å². The molecule has 3 rings (SSSR count). The van der Waals surface area contributed by atoms with Crippen molar-refractivity contribution in [2.75, 3.05) is 6.54 Å². The van der Waals surface area contributed by atoms with Crippen LogP contribution in [0.5, 0.6) is 0 Å². The molecule has 1 atom stereocenters. The number of benzene rings is 1. The van der Waals surface area contributed by atoms with E-state index in [0.717, 1.165) is 24.1 Å². The van der Waals surface area contributed by atoms with E-state index >= 15 is 0 Å². The molecule has 0 saturated heterocycles. The summed E-state index contributed by atoms with van der Waals surface area (Å²) in [5.74, 6) is -1.70. The van der Waals surface area contributed by atoms with E-state index in [4.69, 9.17) is 5.11 Å². The van der Waals surface area contributed by atoms with Crippen LogP contribution in [0.25, 0.3) is 0 Å². The average Bonchev–Trinajstić information content (AvgIpc) is 3.03. The molecule has 1 N–H and O–H groups in total. The molecule has 1 aliphatic rings. The van der Waals surface area contributed by atoms with Crippen molar-refractivity contribution in [3.8, 4) is 0 Å². The van der Waals surface area contributed by atoms with Crippen LogP contribution in [0.4, 0.5) is 5.69 Å². The van der Waals surface area contributed by atoms with Crippen molar-refractivity contribution in [1.82, 2.24) is 4.90 Å². The van der Waals surface area contributed by atoms with Gasteiger partial charge in [0.2, 0.25) is 0 Å². The molecule has 1 aliphatic heterocycles. The van der Waals surface area contributed by atoms with Crippen LogP contribution in [0.15, 0.2) is 29.6 Å². The van der Waals surface area contributed by atoms with Crippen molar-refractivity contribution in [3.63, 3.8) is 0 Å². The quantitative estimate of drug-likeness (QED) is 0.680. The summed E-state index contributed by atoms with van der Waals surface area (Å²) in [7, 11) is 0. The lowest BCUT2D eigenvalue weighted by molar-refractivity contribution is -0.384. The third kappa shape index (κ3) is 2.76. The lowest BCUT2D eigenvalue weighted by Gasteiger charge is -2.33. The molecule has 0 fully saturated rings. The molecular weight excluding hydrogens is 332 g/mol. The van der Waals surface area contributed by atoms with E-state index in [2.05, 4.69) is 0 Å². The first-order valence-electron chi connectivity index (χ1n) is 7.28.